The quantitative estimate of drug-likeness (QED) is 0.782. The van der Waals surface area contributed by atoms with Gasteiger partial charge in [0.05, 0.1) is 24.8 Å². The van der Waals surface area contributed by atoms with Gasteiger partial charge in [0.2, 0.25) is 0 Å². The summed E-state index contributed by atoms with van der Waals surface area (Å²) >= 11 is 0. The predicted octanol–water partition coefficient (Wildman–Crippen LogP) is 3.16. The van der Waals surface area contributed by atoms with Gasteiger partial charge in [-0.1, -0.05) is 18.2 Å². The van der Waals surface area contributed by atoms with E-state index in [1.807, 2.05) is 37.3 Å². The maximum absolute atomic E-state index is 12.9. The van der Waals surface area contributed by atoms with Crippen LogP contribution < -0.4 is 10.2 Å². The zero-order chi connectivity index (χ0) is 17.9. The molecule has 1 atom stereocenters. The van der Waals surface area contributed by atoms with E-state index in [1.165, 1.54) is 0 Å². The van der Waals surface area contributed by atoms with Gasteiger partial charge in [0.15, 0.2) is 0 Å². The number of carbonyl (C=O) groups excluding carboxylic acids is 1. The number of furan rings is 1. The summed E-state index contributed by atoms with van der Waals surface area (Å²) in [6.45, 7) is 4.67. The summed E-state index contributed by atoms with van der Waals surface area (Å²) in [4.78, 5) is 19.4. The Bertz CT molecular complexity index is 882. The van der Waals surface area contributed by atoms with Crippen molar-refractivity contribution in [2.75, 3.05) is 31.2 Å². The molecule has 1 aliphatic heterocycles. The minimum absolute atomic E-state index is 0.160. The summed E-state index contributed by atoms with van der Waals surface area (Å²) in [7, 11) is 0. The maximum Gasteiger partial charge on any atom is 0.255 e. The number of carbonyl (C=O) groups is 1. The highest BCUT2D eigenvalue weighted by Crippen LogP contribution is 2.25. The van der Waals surface area contributed by atoms with Crippen LogP contribution in [0.1, 0.15) is 29.1 Å². The molecule has 0 saturated carbocycles. The fraction of sp³-hybridized carbons (Fsp3) is 0.300. The van der Waals surface area contributed by atoms with Crippen LogP contribution in [0.3, 0.4) is 0 Å². The third kappa shape index (κ3) is 3.28. The molecule has 134 valence electrons. The fourth-order valence-electron chi connectivity index (χ4n) is 3.16. The zero-order valence-electron chi connectivity index (χ0n) is 14.6. The number of nitrogens with one attached hydrogen (secondary N) is 1. The van der Waals surface area contributed by atoms with Crippen LogP contribution in [0, 0.1) is 0 Å². The molecule has 1 aliphatic rings. The number of hydrogen-bond acceptors (Lipinski definition) is 5. The van der Waals surface area contributed by atoms with E-state index in [-0.39, 0.29) is 11.9 Å². The summed E-state index contributed by atoms with van der Waals surface area (Å²) in [6.07, 6.45) is 1.71. The molecule has 1 aromatic carbocycles. The molecule has 0 unspecified atom stereocenters. The molecular formula is C20H21N3O3. The van der Waals surface area contributed by atoms with E-state index >= 15 is 0 Å². The van der Waals surface area contributed by atoms with Crippen molar-refractivity contribution in [1.29, 1.82) is 0 Å². The smallest absolute Gasteiger partial charge is 0.255 e. The first-order valence-corrected chi connectivity index (χ1v) is 8.79. The summed E-state index contributed by atoms with van der Waals surface area (Å²) in [5, 5.41) is 4.05. The van der Waals surface area contributed by atoms with Gasteiger partial charge in [0, 0.05) is 24.7 Å². The lowest BCUT2D eigenvalue weighted by Gasteiger charge is -2.29. The lowest BCUT2D eigenvalue weighted by molar-refractivity contribution is 0.0934. The number of amides is 1. The maximum atomic E-state index is 12.9. The van der Waals surface area contributed by atoms with Crippen molar-refractivity contribution in [1.82, 2.24) is 10.3 Å². The standard InChI is InChI=1S/C20H21N3O3/c1-14(18-13-15-5-2-3-7-17(15)26-18)22-20(24)16-6-4-8-21-19(16)23-9-11-25-12-10-23/h2-8,13-14H,9-12H2,1H3,(H,22,24)/t14-/m1/s1. The van der Waals surface area contributed by atoms with E-state index in [1.54, 1.807) is 18.3 Å². The topological polar surface area (TPSA) is 67.6 Å². The first kappa shape index (κ1) is 16.6. The van der Waals surface area contributed by atoms with E-state index in [4.69, 9.17) is 9.15 Å². The predicted molar refractivity (Wildman–Crippen MR) is 99.4 cm³/mol. The molecule has 1 N–H and O–H groups in total. The average Bonchev–Trinajstić information content (AvgIpc) is 3.13. The Morgan fingerprint density at radius 2 is 2.00 bits per heavy atom. The first-order chi connectivity index (χ1) is 12.7. The number of rotatable bonds is 4. The summed E-state index contributed by atoms with van der Waals surface area (Å²) in [5.74, 6) is 1.27. The van der Waals surface area contributed by atoms with Gasteiger partial charge < -0.3 is 19.4 Å². The number of pyridine rings is 1. The molecule has 0 radical (unpaired) electrons. The number of benzene rings is 1. The third-order valence-corrected chi connectivity index (χ3v) is 4.56. The summed E-state index contributed by atoms with van der Waals surface area (Å²) in [6, 6.07) is 13.1. The molecule has 26 heavy (non-hydrogen) atoms. The van der Waals surface area contributed by atoms with Gasteiger partial charge in [-0.05, 0) is 31.2 Å². The van der Waals surface area contributed by atoms with E-state index in [0.29, 0.717) is 24.6 Å². The largest absolute Gasteiger partial charge is 0.459 e. The number of hydrogen-bond donors (Lipinski definition) is 1. The van der Waals surface area contributed by atoms with Gasteiger partial charge in [-0.15, -0.1) is 0 Å². The van der Waals surface area contributed by atoms with Gasteiger partial charge in [0.1, 0.15) is 17.2 Å². The van der Waals surface area contributed by atoms with Gasteiger partial charge in [-0.3, -0.25) is 4.79 Å². The van der Waals surface area contributed by atoms with Crippen molar-refractivity contribution in [3.63, 3.8) is 0 Å². The zero-order valence-corrected chi connectivity index (χ0v) is 14.6. The van der Waals surface area contributed by atoms with Crippen molar-refractivity contribution < 1.29 is 13.9 Å². The highest BCUT2D eigenvalue weighted by Gasteiger charge is 2.22. The van der Waals surface area contributed by atoms with E-state index < -0.39 is 0 Å². The molecule has 1 saturated heterocycles. The number of ether oxygens (including phenoxy) is 1. The lowest BCUT2D eigenvalue weighted by atomic mass is 10.1. The van der Waals surface area contributed by atoms with Crippen molar-refractivity contribution in [2.24, 2.45) is 0 Å². The van der Waals surface area contributed by atoms with Crippen molar-refractivity contribution in [2.45, 2.75) is 13.0 Å². The molecule has 6 nitrogen and oxygen atoms in total. The molecule has 0 aliphatic carbocycles. The first-order valence-electron chi connectivity index (χ1n) is 8.79. The monoisotopic (exact) mass is 351 g/mol. The Kier molecular flexibility index (Phi) is 4.58. The van der Waals surface area contributed by atoms with E-state index in [9.17, 15) is 4.79 Å². The molecule has 0 bridgehead atoms. The van der Waals surface area contributed by atoms with Crippen LogP contribution >= 0.6 is 0 Å². The lowest BCUT2D eigenvalue weighted by Crippen LogP contribution is -2.38. The second-order valence-electron chi connectivity index (χ2n) is 6.36. The van der Waals surface area contributed by atoms with E-state index in [0.717, 1.165) is 29.8 Å². The SMILES string of the molecule is C[C@@H](NC(=O)c1cccnc1N1CCOCC1)c1cc2ccccc2o1. The van der Waals surface area contributed by atoms with Crippen LogP contribution in [0.2, 0.25) is 0 Å². The van der Waals surface area contributed by atoms with Crippen molar-refractivity contribution in [3.05, 3.63) is 60.0 Å². The van der Waals surface area contributed by atoms with Crippen LogP contribution in [0.25, 0.3) is 11.0 Å². The summed E-state index contributed by atoms with van der Waals surface area (Å²) in [5.41, 5.74) is 1.39. The highest BCUT2D eigenvalue weighted by molar-refractivity contribution is 5.99. The molecule has 0 spiro atoms. The normalized spacial score (nSPS) is 15.8. The van der Waals surface area contributed by atoms with Crippen LogP contribution in [0.4, 0.5) is 5.82 Å². The van der Waals surface area contributed by atoms with Gasteiger partial charge in [-0.2, -0.15) is 0 Å². The van der Waals surface area contributed by atoms with Crippen molar-refractivity contribution in [3.8, 4) is 0 Å². The Morgan fingerprint density at radius 1 is 1.19 bits per heavy atom. The number of anilines is 1. The Balaban J connectivity index is 1.54. The fourth-order valence-corrected chi connectivity index (χ4v) is 3.16. The molecule has 1 fully saturated rings. The highest BCUT2D eigenvalue weighted by atomic mass is 16.5. The number of aromatic nitrogens is 1. The molecular weight excluding hydrogens is 330 g/mol. The molecule has 2 aromatic heterocycles. The molecule has 1 amide bonds. The van der Waals surface area contributed by atoms with Crippen LogP contribution in [-0.2, 0) is 4.74 Å². The van der Waals surface area contributed by atoms with Crippen LogP contribution in [0.15, 0.2) is 53.1 Å². The number of para-hydroxylation sites is 1. The van der Waals surface area contributed by atoms with E-state index in [2.05, 4.69) is 15.2 Å². The minimum Gasteiger partial charge on any atom is -0.459 e. The second kappa shape index (κ2) is 7.17. The number of fused-ring (bicyclic) bond motifs is 1. The van der Waals surface area contributed by atoms with Crippen molar-refractivity contribution >= 4 is 22.7 Å². The van der Waals surface area contributed by atoms with Gasteiger partial charge >= 0.3 is 0 Å². The summed E-state index contributed by atoms with van der Waals surface area (Å²) < 4.78 is 11.2. The van der Waals surface area contributed by atoms with Crippen LogP contribution in [0.5, 0.6) is 0 Å². The Labute approximate surface area is 151 Å². The minimum atomic E-state index is -0.243. The van der Waals surface area contributed by atoms with Gasteiger partial charge in [0.25, 0.3) is 5.91 Å². The average molecular weight is 351 g/mol. The molecule has 4 rings (SSSR count). The number of morpholine rings is 1. The third-order valence-electron chi connectivity index (χ3n) is 4.56. The molecule has 3 heterocycles. The molecule has 3 aromatic rings. The van der Waals surface area contributed by atoms with Crippen LogP contribution in [-0.4, -0.2) is 37.2 Å². The molecule has 6 heteroatoms. The second-order valence-corrected chi connectivity index (χ2v) is 6.36. The van der Waals surface area contributed by atoms with Gasteiger partial charge in [-0.25, -0.2) is 4.98 Å². The number of nitrogens with zero attached hydrogens (tertiary/aromatic N) is 2. The Morgan fingerprint density at radius 3 is 2.81 bits per heavy atom. The Hall–Kier alpha value is -2.86.